The van der Waals surface area contributed by atoms with Gasteiger partial charge in [-0.2, -0.15) is 0 Å². The molecule has 28 heavy (non-hydrogen) atoms. The summed E-state index contributed by atoms with van der Waals surface area (Å²) >= 11 is 0. The molecule has 3 heteroatoms. The number of aldehydes is 1. The van der Waals surface area contributed by atoms with Crippen LogP contribution in [0.15, 0.2) is 23.0 Å². The number of fused-ring (bicyclic) bond motifs is 3. The van der Waals surface area contributed by atoms with Crippen LogP contribution in [0, 0.1) is 39.4 Å². The summed E-state index contributed by atoms with van der Waals surface area (Å²) in [5.74, 6) is 1.49. The zero-order valence-electron chi connectivity index (χ0n) is 18.3. The quantitative estimate of drug-likeness (QED) is 0.629. The minimum atomic E-state index is -0.563. The lowest BCUT2D eigenvalue weighted by molar-refractivity contribution is -0.130. The highest BCUT2D eigenvalue weighted by molar-refractivity contribution is 5.61. The van der Waals surface area contributed by atoms with Crippen LogP contribution >= 0.6 is 0 Å². The maximum atomic E-state index is 12.4. The van der Waals surface area contributed by atoms with Gasteiger partial charge in [0.05, 0.1) is 18.6 Å². The minimum absolute atomic E-state index is 0.110. The van der Waals surface area contributed by atoms with Gasteiger partial charge >= 0.3 is 0 Å². The van der Waals surface area contributed by atoms with Gasteiger partial charge in [-0.15, -0.1) is 0 Å². The van der Waals surface area contributed by atoms with Crippen molar-refractivity contribution in [2.24, 2.45) is 39.4 Å². The second-order valence-corrected chi connectivity index (χ2v) is 11.7. The molecule has 7 atom stereocenters. The maximum absolute atomic E-state index is 12.4. The first kappa shape index (κ1) is 20.2. The highest BCUT2D eigenvalue weighted by atomic mass is 16.3. The number of aliphatic hydroxyl groups excluding tert-OH is 1. The summed E-state index contributed by atoms with van der Waals surface area (Å²) in [6.45, 7) is 12.0. The van der Waals surface area contributed by atoms with Crippen molar-refractivity contribution >= 4 is 6.29 Å². The van der Waals surface area contributed by atoms with Gasteiger partial charge in [0.1, 0.15) is 6.29 Å². The summed E-state index contributed by atoms with van der Waals surface area (Å²) in [5.41, 5.74) is 1.27. The largest absolute Gasteiger partial charge is 0.472 e. The van der Waals surface area contributed by atoms with Gasteiger partial charge in [0.2, 0.25) is 0 Å². The van der Waals surface area contributed by atoms with Crippen LogP contribution in [-0.4, -0.2) is 11.4 Å². The maximum Gasteiger partial charge on any atom is 0.126 e. The monoisotopic (exact) mass is 386 g/mol. The van der Waals surface area contributed by atoms with Crippen molar-refractivity contribution in [3.05, 3.63) is 24.2 Å². The fraction of sp³-hybridized carbons (Fsp3) is 0.800. The SMILES string of the molecule is CC1(C)CCCC2(C)[C@H]1CC[C@@]1(C)[C@H]2C[C@](C)(C=O)[C@H]1C[C@H](O)c1ccoc1. The average molecular weight is 387 g/mol. The molecule has 3 nitrogen and oxygen atoms in total. The van der Waals surface area contributed by atoms with Crippen LogP contribution in [0.25, 0.3) is 0 Å². The second kappa shape index (κ2) is 6.45. The molecule has 1 aromatic rings. The number of rotatable bonds is 4. The van der Waals surface area contributed by atoms with Crippen LogP contribution in [0.1, 0.15) is 91.2 Å². The summed E-state index contributed by atoms with van der Waals surface area (Å²) in [6.07, 6.45) is 11.9. The lowest BCUT2D eigenvalue weighted by Crippen LogP contribution is -2.54. The van der Waals surface area contributed by atoms with Crippen molar-refractivity contribution in [2.45, 2.75) is 85.7 Å². The van der Waals surface area contributed by atoms with E-state index in [1.165, 1.54) is 38.4 Å². The normalized spacial score (nSPS) is 45.9. The van der Waals surface area contributed by atoms with Crippen molar-refractivity contribution in [3.8, 4) is 0 Å². The predicted molar refractivity (Wildman–Crippen MR) is 111 cm³/mol. The van der Waals surface area contributed by atoms with Gasteiger partial charge in [0.25, 0.3) is 0 Å². The molecule has 3 fully saturated rings. The van der Waals surface area contributed by atoms with Crippen LogP contribution in [0.4, 0.5) is 0 Å². The molecule has 1 N–H and O–H groups in total. The fourth-order valence-electron chi connectivity index (χ4n) is 8.40. The van der Waals surface area contributed by atoms with Crippen LogP contribution < -0.4 is 0 Å². The number of carbonyl (C=O) groups is 1. The number of furan rings is 1. The van der Waals surface area contributed by atoms with Gasteiger partial charge in [0.15, 0.2) is 0 Å². The Morgan fingerprint density at radius 2 is 1.89 bits per heavy atom. The number of hydrogen-bond donors (Lipinski definition) is 1. The molecule has 0 aliphatic heterocycles. The van der Waals surface area contributed by atoms with Crippen molar-refractivity contribution in [2.75, 3.05) is 0 Å². The van der Waals surface area contributed by atoms with Gasteiger partial charge in [-0.3, -0.25) is 0 Å². The van der Waals surface area contributed by atoms with E-state index in [1.807, 2.05) is 6.07 Å². The van der Waals surface area contributed by atoms with Crippen LogP contribution in [0.5, 0.6) is 0 Å². The van der Waals surface area contributed by atoms with E-state index in [2.05, 4.69) is 34.6 Å². The van der Waals surface area contributed by atoms with E-state index in [0.717, 1.165) is 17.9 Å². The molecule has 1 aromatic heterocycles. The highest BCUT2D eigenvalue weighted by Gasteiger charge is 2.67. The Morgan fingerprint density at radius 1 is 1.14 bits per heavy atom. The zero-order valence-corrected chi connectivity index (χ0v) is 18.3. The van der Waals surface area contributed by atoms with Gasteiger partial charge in [0, 0.05) is 11.0 Å². The minimum Gasteiger partial charge on any atom is -0.472 e. The van der Waals surface area contributed by atoms with E-state index < -0.39 is 6.10 Å². The number of aliphatic hydroxyl groups is 1. The third kappa shape index (κ3) is 2.75. The Bertz CT molecular complexity index is 722. The molecule has 3 aliphatic carbocycles. The van der Waals surface area contributed by atoms with E-state index in [4.69, 9.17) is 4.42 Å². The van der Waals surface area contributed by atoms with Crippen LogP contribution in [-0.2, 0) is 4.79 Å². The standard InChI is InChI=1S/C25H38O3/c1-22(2)9-6-10-24(4)19(22)7-11-25(5)20(23(3,16-26)14-21(24)25)13-18(27)17-8-12-28-15-17/h8,12,15-16,18-21,27H,6-7,9-11,13-14H2,1-5H3/t18-,19-,20+,21-,23+,24?,25+/m0/s1. The molecule has 4 rings (SSSR count). The van der Waals surface area contributed by atoms with Crippen LogP contribution in [0.2, 0.25) is 0 Å². The summed E-state index contributed by atoms with van der Waals surface area (Å²) in [6, 6.07) is 1.85. The number of carbonyl (C=O) groups excluding carboxylic acids is 1. The Balaban J connectivity index is 1.70. The summed E-state index contributed by atoms with van der Waals surface area (Å²) in [4.78, 5) is 12.4. The van der Waals surface area contributed by atoms with Gasteiger partial charge < -0.3 is 14.3 Å². The molecule has 0 bridgehead atoms. The Labute approximate surface area is 170 Å². The smallest absolute Gasteiger partial charge is 0.126 e. The van der Waals surface area contributed by atoms with E-state index in [-0.39, 0.29) is 16.7 Å². The molecule has 0 saturated heterocycles. The van der Waals surface area contributed by atoms with Crippen LogP contribution in [0.3, 0.4) is 0 Å². The summed E-state index contributed by atoms with van der Waals surface area (Å²) in [5, 5.41) is 10.9. The van der Waals surface area contributed by atoms with Crippen molar-refractivity contribution < 1.29 is 14.3 Å². The molecule has 0 amide bonds. The highest BCUT2D eigenvalue weighted by Crippen LogP contribution is 2.73. The third-order valence-corrected chi connectivity index (χ3v) is 9.73. The van der Waals surface area contributed by atoms with E-state index in [1.54, 1.807) is 12.5 Å². The lowest BCUT2D eigenvalue weighted by Gasteiger charge is -2.62. The molecule has 0 spiro atoms. The lowest BCUT2D eigenvalue weighted by atomic mass is 9.43. The molecule has 3 aliphatic rings. The van der Waals surface area contributed by atoms with Crippen molar-refractivity contribution in [3.63, 3.8) is 0 Å². The first-order valence-electron chi connectivity index (χ1n) is 11.2. The zero-order chi connectivity index (χ0) is 20.4. The first-order chi connectivity index (χ1) is 13.1. The first-order valence-corrected chi connectivity index (χ1v) is 11.2. The summed E-state index contributed by atoms with van der Waals surface area (Å²) < 4.78 is 5.19. The predicted octanol–water partition coefficient (Wildman–Crippen LogP) is 6.18. The van der Waals surface area contributed by atoms with E-state index in [9.17, 15) is 9.90 Å². The summed E-state index contributed by atoms with van der Waals surface area (Å²) in [7, 11) is 0. The molecule has 0 radical (unpaired) electrons. The van der Waals surface area contributed by atoms with Gasteiger partial charge in [-0.05, 0) is 78.6 Å². The molecular weight excluding hydrogens is 348 g/mol. The third-order valence-electron chi connectivity index (χ3n) is 9.73. The molecule has 1 heterocycles. The van der Waals surface area contributed by atoms with Gasteiger partial charge in [-0.1, -0.05) is 41.0 Å². The van der Waals surface area contributed by atoms with Gasteiger partial charge in [-0.25, -0.2) is 0 Å². The molecule has 3 saturated carbocycles. The van der Waals surface area contributed by atoms with E-state index >= 15 is 0 Å². The molecule has 156 valence electrons. The Morgan fingerprint density at radius 3 is 2.54 bits per heavy atom. The van der Waals surface area contributed by atoms with Crippen molar-refractivity contribution in [1.29, 1.82) is 0 Å². The molecular formula is C25H38O3. The average Bonchev–Trinajstić information content (AvgIpc) is 3.23. The van der Waals surface area contributed by atoms with E-state index in [0.29, 0.717) is 23.2 Å². The number of hydrogen-bond acceptors (Lipinski definition) is 3. The Kier molecular flexibility index (Phi) is 4.65. The fourth-order valence-corrected chi connectivity index (χ4v) is 8.40. The molecule has 0 aromatic carbocycles. The second-order valence-electron chi connectivity index (χ2n) is 11.7. The molecule has 1 unspecified atom stereocenters. The Hall–Kier alpha value is -1.09. The topological polar surface area (TPSA) is 50.4 Å². The van der Waals surface area contributed by atoms with Crippen molar-refractivity contribution in [1.82, 2.24) is 0 Å².